The molecule has 0 atom stereocenters. The third-order valence-corrected chi connectivity index (χ3v) is 4.95. The molecular formula is C16H20N4O3S. The normalized spacial score (nSPS) is 13.8. The van der Waals surface area contributed by atoms with Crippen LogP contribution in [0.15, 0.2) is 11.1 Å². The summed E-state index contributed by atoms with van der Waals surface area (Å²) in [6.07, 6.45) is 4.30. The first-order valence-corrected chi connectivity index (χ1v) is 8.68. The number of hydrogen-bond acceptors (Lipinski definition) is 5. The third kappa shape index (κ3) is 3.33. The molecule has 0 aromatic carbocycles. The molecule has 8 heteroatoms. The number of hydrogen-bond donors (Lipinski definition) is 2. The average molecular weight is 348 g/mol. The van der Waals surface area contributed by atoms with Crippen LogP contribution in [0, 0.1) is 0 Å². The van der Waals surface area contributed by atoms with Crippen LogP contribution in [0.25, 0.3) is 10.2 Å². The van der Waals surface area contributed by atoms with Gasteiger partial charge in [0, 0.05) is 10.4 Å². The number of nitrogens with one attached hydrogen (secondary N) is 2. The molecule has 2 heterocycles. The number of nitrogens with zero attached hydrogens (tertiary/aromatic N) is 2. The van der Waals surface area contributed by atoms with Crippen LogP contribution in [0.5, 0.6) is 0 Å². The fourth-order valence-corrected chi connectivity index (χ4v) is 4.04. The second-order valence-corrected chi connectivity index (χ2v) is 8.05. The number of rotatable bonds is 2. The van der Waals surface area contributed by atoms with E-state index in [1.807, 2.05) is 20.8 Å². The maximum Gasteiger partial charge on any atom is 0.321 e. The summed E-state index contributed by atoms with van der Waals surface area (Å²) in [5, 5.41) is 5.50. The van der Waals surface area contributed by atoms with Crippen molar-refractivity contribution in [3.8, 4) is 0 Å². The Hall–Kier alpha value is -2.22. The molecule has 7 nitrogen and oxygen atoms in total. The average Bonchev–Trinajstić information content (AvgIpc) is 2.99. The molecular weight excluding hydrogens is 328 g/mol. The highest BCUT2D eigenvalue weighted by Crippen LogP contribution is 2.34. The topological polar surface area (TPSA) is 93.1 Å². The molecule has 3 rings (SSSR count). The molecule has 128 valence electrons. The Morgan fingerprint density at radius 1 is 1.33 bits per heavy atom. The second-order valence-electron chi connectivity index (χ2n) is 6.97. The minimum atomic E-state index is -0.578. The smallest absolute Gasteiger partial charge is 0.321 e. The van der Waals surface area contributed by atoms with E-state index in [1.165, 1.54) is 15.8 Å². The van der Waals surface area contributed by atoms with E-state index in [-0.39, 0.29) is 12.1 Å². The summed E-state index contributed by atoms with van der Waals surface area (Å²) in [6, 6.07) is -0.578. The molecule has 0 saturated heterocycles. The number of thiophene rings is 1. The summed E-state index contributed by atoms with van der Waals surface area (Å²) in [5.41, 5.74) is 0.414. The van der Waals surface area contributed by atoms with E-state index in [9.17, 15) is 14.4 Å². The molecule has 24 heavy (non-hydrogen) atoms. The van der Waals surface area contributed by atoms with E-state index in [1.54, 1.807) is 11.3 Å². The van der Waals surface area contributed by atoms with Crippen LogP contribution in [0.2, 0.25) is 0 Å². The van der Waals surface area contributed by atoms with Crippen molar-refractivity contribution >= 4 is 33.5 Å². The van der Waals surface area contributed by atoms with Gasteiger partial charge in [-0.25, -0.2) is 9.78 Å². The van der Waals surface area contributed by atoms with Crippen molar-refractivity contribution in [2.75, 3.05) is 0 Å². The first-order chi connectivity index (χ1) is 11.2. The van der Waals surface area contributed by atoms with Gasteiger partial charge in [-0.1, -0.05) is 0 Å². The number of imide groups is 1. The van der Waals surface area contributed by atoms with Crippen LogP contribution < -0.4 is 16.2 Å². The molecule has 2 aromatic heterocycles. The van der Waals surface area contributed by atoms with Gasteiger partial charge in [-0.2, -0.15) is 0 Å². The number of urea groups is 1. The summed E-state index contributed by atoms with van der Waals surface area (Å²) in [6.45, 7) is 5.22. The molecule has 0 bridgehead atoms. The molecule has 2 aromatic rings. The van der Waals surface area contributed by atoms with Gasteiger partial charge in [0.15, 0.2) is 0 Å². The first kappa shape index (κ1) is 16.6. The van der Waals surface area contributed by atoms with Gasteiger partial charge in [-0.05, 0) is 45.6 Å². The van der Waals surface area contributed by atoms with Crippen molar-refractivity contribution in [2.45, 2.75) is 52.1 Å². The van der Waals surface area contributed by atoms with E-state index in [0.29, 0.717) is 5.39 Å². The first-order valence-electron chi connectivity index (χ1n) is 7.86. The zero-order valence-electron chi connectivity index (χ0n) is 13.9. The van der Waals surface area contributed by atoms with Gasteiger partial charge in [0.05, 0.1) is 11.7 Å². The Morgan fingerprint density at radius 2 is 2.08 bits per heavy atom. The van der Waals surface area contributed by atoms with Gasteiger partial charge in [0.1, 0.15) is 11.4 Å². The highest BCUT2D eigenvalue weighted by Gasteiger charge is 2.22. The van der Waals surface area contributed by atoms with Gasteiger partial charge in [-0.3, -0.25) is 19.5 Å². The molecule has 3 amide bonds. The van der Waals surface area contributed by atoms with E-state index in [2.05, 4.69) is 15.6 Å². The molecule has 0 spiro atoms. The fraction of sp³-hybridized carbons (Fsp3) is 0.500. The van der Waals surface area contributed by atoms with Crippen molar-refractivity contribution < 1.29 is 9.59 Å². The monoisotopic (exact) mass is 348 g/mol. The molecule has 2 N–H and O–H groups in total. The van der Waals surface area contributed by atoms with Gasteiger partial charge in [0.25, 0.3) is 5.56 Å². The summed E-state index contributed by atoms with van der Waals surface area (Å²) in [4.78, 5) is 42.6. The van der Waals surface area contributed by atoms with Gasteiger partial charge >= 0.3 is 6.03 Å². The Balaban J connectivity index is 1.78. The van der Waals surface area contributed by atoms with Crippen molar-refractivity contribution in [1.29, 1.82) is 0 Å². The number of carbonyl (C=O) groups is 2. The molecule has 0 radical (unpaired) electrons. The molecule has 0 unspecified atom stereocenters. The zero-order chi connectivity index (χ0) is 17.5. The Labute approximate surface area is 143 Å². The standard InChI is InChI=1S/C16H20N4O3S/c1-16(2,3)19-15(23)18-11(21)7-20-8-17-13-12(14(20)22)9-5-4-6-10(9)24-13/h8H,4-7H2,1-3H3,(H2,18,19,21,23). The van der Waals surface area contributed by atoms with Gasteiger partial charge in [0.2, 0.25) is 5.91 Å². The van der Waals surface area contributed by atoms with Gasteiger partial charge < -0.3 is 5.32 Å². The quantitative estimate of drug-likeness (QED) is 0.861. The van der Waals surface area contributed by atoms with Crippen molar-refractivity contribution in [3.05, 3.63) is 27.1 Å². The molecule has 0 aliphatic heterocycles. The van der Waals surface area contributed by atoms with Crippen LogP contribution in [0.3, 0.4) is 0 Å². The van der Waals surface area contributed by atoms with Crippen LogP contribution in [0.1, 0.15) is 37.6 Å². The van der Waals surface area contributed by atoms with E-state index in [0.717, 1.165) is 29.7 Å². The highest BCUT2D eigenvalue weighted by atomic mass is 32.1. The van der Waals surface area contributed by atoms with Crippen molar-refractivity contribution in [2.24, 2.45) is 0 Å². The summed E-state index contributed by atoms with van der Waals surface area (Å²) >= 11 is 1.56. The minimum absolute atomic E-state index is 0.217. The van der Waals surface area contributed by atoms with E-state index in [4.69, 9.17) is 0 Å². The largest absolute Gasteiger partial charge is 0.333 e. The van der Waals surface area contributed by atoms with Gasteiger partial charge in [-0.15, -0.1) is 11.3 Å². The number of carbonyl (C=O) groups excluding carboxylic acids is 2. The lowest BCUT2D eigenvalue weighted by atomic mass is 10.1. The maximum absolute atomic E-state index is 12.6. The predicted molar refractivity (Wildman–Crippen MR) is 92.3 cm³/mol. The predicted octanol–water partition coefficient (Wildman–Crippen LogP) is 1.57. The summed E-state index contributed by atoms with van der Waals surface area (Å²) in [5.74, 6) is -0.549. The highest BCUT2D eigenvalue weighted by molar-refractivity contribution is 7.18. The minimum Gasteiger partial charge on any atom is -0.333 e. The Morgan fingerprint density at radius 3 is 2.79 bits per heavy atom. The Bertz CT molecular complexity index is 876. The lowest BCUT2D eigenvalue weighted by Gasteiger charge is -2.20. The van der Waals surface area contributed by atoms with Crippen LogP contribution in [-0.2, 0) is 24.2 Å². The van der Waals surface area contributed by atoms with Crippen LogP contribution in [0.4, 0.5) is 4.79 Å². The number of aromatic nitrogens is 2. The van der Waals surface area contributed by atoms with E-state index >= 15 is 0 Å². The molecule has 1 aliphatic carbocycles. The lowest BCUT2D eigenvalue weighted by molar-refractivity contribution is -0.120. The Kier molecular flexibility index (Phi) is 4.16. The van der Waals surface area contributed by atoms with E-state index < -0.39 is 17.5 Å². The SMILES string of the molecule is CC(C)(C)NC(=O)NC(=O)Cn1cnc2sc3c(c2c1=O)CCC3. The van der Waals surface area contributed by atoms with Crippen molar-refractivity contribution in [3.63, 3.8) is 0 Å². The van der Waals surface area contributed by atoms with Crippen LogP contribution >= 0.6 is 11.3 Å². The summed E-state index contributed by atoms with van der Waals surface area (Å²) in [7, 11) is 0. The molecule has 1 aliphatic rings. The number of fused-ring (bicyclic) bond motifs is 3. The van der Waals surface area contributed by atoms with Crippen LogP contribution in [-0.4, -0.2) is 27.0 Å². The molecule has 0 saturated carbocycles. The molecule has 0 fully saturated rings. The lowest BCUT2D eigenvalue weighted by Crippen LogP contribution is -2.49. The zero-order valence-corrected chi connectivity index (χ0v) is 14.7. The van der Waals surface area contributed by atoms with Crippen molar-refractivity contribution in [1.82, 2.24) is 20.2 Å². The number of amides is 3. The summed E-state index contributed by atoms with van der Waals surface area (Å²) < 4.78 is 1.26. The number of aryl methyl sites for hydroxylation is 2. The maximum atomic E-state index is 12.6. The second kappa shape index (κ2) is 6.01. The third-order valence-electron chi connectivity index (χ3n) is 3.75. The fourth-order valence-electron chi connectivity index (χ4n) is 2.82.